The number of aliphatic carboxylic acids is 1. The van der Waals surface area contributed by atoms with Crippen LogP contribution < -0.4 is 4.90 Å². The van der Waals surface area contributed by atoms with E-state index in [1.165, 1.54) is 6.07 Å². The molecule has 2 aromatic rings. The van der Waals surface area contributed by atoms with Crippen LogP contribution in [0.1, 0.15) is 24.1 Å². The van der Waals surface area contributed by atoms with E-state index in [1.807, 2.05) is 11.8 Å². The molecule has 1 fully saturated rings. The second-order valence-electron chi connectivity index (χ2n) is 6.52. The summed E-state index contributed by atoms with van der Waals surface area (Å²) >= 11 is 0. The van der Waals surface area contributed by atoms with Gasteiger partial charge in [-0.15, -0.1) is 0 Å². The number of halogens is 2. The summed E-state index contributed by atoms with van der Waals surface area (Å²) in [6.07, 6.45) is 2.68. The van der Waals surface area contributed by atoms with Gasteiger partial charge < -0.3 is 10.0 Å². The molecule has 0 radical (unpaired) electrons. The fourth-order valence-electron chi connectivity index (χ4n) is 3.31. The van der Waals surface area contributed by atoms with Crippen molar-refractivity contribution in [3.8, 4) is 0 Å². The van der Waals surface area contributed by atoms with Gasteiger partial charge in [-0.25, -0.2) is 18.7 Å². The molecule has 0 unspecified atom stereocenters. The van der Waals surface area contributed by atoms with E-state index >= 15 is 0 Å². The number of piperidine rings is 1. The number of aryl methyl sites for hydroxylation is 1. The minimum atomic E-state index is -1.16. The Morgan fingerprint density at radius 2 is 2.16 bits per heavy atom. The highest BCUT2D eigenvalue weighted by atomic mass is 19.1. The van der Waals surface area contributed by atoms with Crippen molar-refractivity contribution < 1.29 is 18.7 Å². The molecule has 0 amide bonds. The molecule has 5 nitrogen and oxygen atoms in total. The van der Waals surface area contributed by atoms with Crippen LogP contribution in [0.4, 0.5) is 14.7 Å². The van der Waals surface area contributed by atoms with Crippen molar-refractivity contribution in [1.82, 2.24) is 9.97 Å². The number of benzene rings is 1. The van der Waals surface area contributed by atoms with Crippen LogP contribution in [0.5, 0.6) is 0 Å². The van der Waals surface area contributed by atoms with Crippen molar-refractivity contribution in [2.75, 3.05) is 18.0 Å². The molecule has 3 rings (SSSR count). The Hall–Kier alpha value is -2.57. The number of hydrogen-bond acceptors (Lipinski definition) is 4. The molecule has 2 heterocycles. The Bertz CT molecular complexity index is 800. The van der Waals surface area contributed by atoms with E-state index in [2.05, 4.69) is 9.97 Å². The maximum atomic E-state index is 14.0. The van der Waals surface area contributed by atoms with Gasteiger partial charge in [-0.1, -0.05) is 6.07 Å². The summed E-state index contributed by atoms with van der Waals surface area (Å²) in [5.41, 5.74) is -0.166. The van der Waals surface area contributed by atoms with Gasteiger partial charge in [0.05, 0.1) is 5.41 Å². The second kappa shape index (κ2) is 6.74. The summed E-state index contributed by atoms with van der Waals surface area (Å²) < 4.78 is 27.2. The van der Waals surface area contributed by atoms with Crippen molar-refractivity contribution in [3.05, 3.63) is 53.4 Å². The summed E-state index contributed by atoms with van der Waals surface area (Å²) in [5.74, 6) is -1.91. The minimum absolute atomic E-state index is 0.00321. The number of hydrogen-bond donors (Lipinski definition) is 1. The summed E-state index contributed by atoms with van der Waals surface area (Å²) in [4.78, 5) is 22.4. The van der Waals surface area contributed by atoms with E-state index in [1.54, 1.807) is 12.3 Å². The molecular weight excluding hydrogens is 328 g/mol. The Morgan fingerprint density at radius 3 is 2.84 bits per heavy atom. The zero-order valence-electron chi connectivity index (χ0n) is 13.9. The molecule has 132 valence electrons. The monoisotopic (exact) mass is 347 g/mol. The number of carbonyl (C=O) groups is 1. The molecule has 1 aromatic carbocycles. The van der Waals surface area contributed by atoms with Crippen molar-refractivity contribution in [1.29, 1.82) is 0 Å². The fourth-order valence-corrected chi connectivity index (χ4v) is 3.31. The topological polar surface area (TPSA) is 66.3 Å². The predicted octanol–water partition coefficient (Wildman–Crippen LogP) is 2.98. The van der Waals surface area contributed by atoms with Crippen LogP contribution in [0.25, 0.3) is 0 Å². The van der Waals surface area contributed by atoms with Crippen LogP contribution >= 0.6 is 0 Å². The van der Waals surface area contributed by atoms with Gasteiger partial charge in [0.25, 0.3) is 0 Å². The lowest BCUT2D eigenvalue weighted by atomic mass is 9.75. The molecule has 1 aliphatic heterocycles. The van der Waals surface area contributed by atoms with Crippen molar-refractivity contribution >= 4 is 11.9 Å². The van der Waals surface area contributed by atoms with E-state index in [0.717, 1.165) is 17.8 Å². The Labute approximate surface area is 144 Å². The lowest BCUT2D eigenvalue weighted by Gasteiger charge is -2.40. The molecule has 1 aromatic heterocycles. The molecule has 0 bridgehead atoms. The average molecular weight is 347 g/mol. The first kappa shape index (κ1) is 17.3. The third-order valence-corrected chi connectivity index (χ3v) is 4.64. The summed E-state index contributed by atoms with van der Waals surface area (Å²) in [7, 11) is 0. The highest BCUT2D eigenvalue weighted by Crippen LogP contribution is 2.36. The zero-order chi connectivity index (χ0) is 18.0. The van der Waals surface area contributed by atoms with E-state index in [0.29, 0.717) is 25.3 Å². The van der Waals surface area contributed by atoms with Gasteiger partial charge in [-0.2, -0.15) is 0 Å². The van der Waals surface area contributed by atoms with Gasteiger partial charge in [0, 0.05) is 31.0 Å². The Morgan fingerprint density at radius 1 is 1.36 bits per heavy atom. The van der Waals surface area contributed by atoms with Gasteiger partial charge in [-0.3, -0.25) is 4.79 Å². The number of nitrogens with zero attached hydrogens (tertiary/aromatic N) is 3. The van der Waals surface area contributed by atoms with Crippen molar-refractivity contribution in [2.45, 2.75) is 26.2 Å². The first-order valence-corrected chi connectivity index (χ1v) is 8.12. The van der Waals surface area contributed by atoms with E-state index in [-0.39, 0.29) is 18.5 Å². The standard InChI is InChI=1S/C18H19F2N3O2/c1-12-5-7-21-17(22-12)23-8-2-6-18(11-23,16(24)25)10-13-3-4-14(19)9-15(13)20/h3-5,7,9H,2,6,8,10-11H2,1H3,(H,24,25)/t18-/m0/s1. The molecule has 25 heavy (non-hydrogen) atoms. The van der Waals surface area contributed by atoms with Gasteiger partial charge in [0.1, 0.15) is 11.6 Å². The smallest absolute Gasteiger partial charge is 0.311 e. The largest absolute Gasteiger partial charge is 0.481 e. The van der Waals surface area contributed by atoms with Crippen LogP contribution in [-0.2, 0) is 11.2 Å². The first-order chi connectivity index (χ1) is 11.9. The molecule has 0 spiro atoms. The van der Waals surface area contributed by atoms with Crippen LogP contribution in [0, 0.1) is 24.0 Å². The average Bonchev–Trinajstić information content (AvgIpc) is 2.57. The summed E-state index contributed by atoms with van der Waals surface area (Å²) in [6.45, 7) is 2.67. The SMILES string of the molecule is Cc1ccnc(N2CCC[C@@](Cc3ccc(F)cc3F)(C(=O)O)C2)n1. The molecule has 7 heteroatoms. The maximum absolute atomic E-state index is 14.0. The van der Waals surface area contributed by atoms with Crippen LogP contribution in [0.3, 0.4) is 0 Å². The molecule has 1 saturated heterocycles. The van der Waals surface area contributed by atoms with Gasteiger partial charge in [-0.05, 0) is 43.9 Å². The number of carboxylic acids is 1. The maximum Gasteiger partial charge on any atom is 0.311 e. The predicted molar refractivity (Wildman–Crippen MR) is 88.3 cm³/mol. The molecule has 0 aliphatic carbocycles. The van der Waals surface area contributed by atoms with Crippen LogP contribution in [-0.4, -0.2) is 34.1 Å². The second-order valence-corrected chi connectivity index (χ2v) is 6.52. The lowest BCUT2D eigenvalue weighted by Crippen LogP contribution is -2.50. The highest BCUT2D eigenvalue weighted by Gasteiger charge is 2.43. The zero-order valence-corrected chi connectivity index (χ0v) is 13.9. The third kappa shape index (κ3) is 3.60. The third-order valence-electron chi connectivity index (χ3n) is 4.64. The van der Waals surface area contributed by atoms with Crippen LogP contribution in [0.2, 0.25) is 0 Å². The number of aromatic nitrogens is 2. The van der Waals surface area contributed by atoms with Crippen molar-refractivity contribution in [3.63, 3.8) is 0 Å². The van der Waals surface area contributed by atoms with Gasteiger partial charge >= 0.3 is 5.97 Å². The quantitative estimate of drug-likeness (QED) is 0.921. The number of carboxylic acid groups (broad SMARTS) is 1. The van der Waals surface area contributed by atoms with Crippen LogP contribution in [0.15, 0.2) is 30.5 Å². The Balaban J connectivity index is 1.90. The Kier molecular flexibility index (Phi) is 4.65. The van der Waals surface area contributed by atoms with Gasteiger partial charge in [0.15, 0.2) is 0 Å². The summed E-state index contributed by atoms with van der Waals surface area (Å²) in [6, 6.07) is 5.02. The van der Waals surface area contributed by atoms with E-state index in [4.69, 9.17) is 0 Å². The van der Waals surface area contributed by atoms with Gasteiger partial charge in [0.2, 0.25) is 5.95 Å². The minimum Gasteiger partial charge on any atom is -0.481 e. The van der Waals surface area contributed by atoms with Crippen molar-refractivity contribution in [2.24, 2.45) is 5.41 Å². The normalized spacial score (nSPS) is 20.5. The molecule has 1 N–H and O–H groups in total. The van der Waals surface area contributed by atoms with E-state index in [9.17, 15) is 18.7 Å². The highest BCUT2D eigenvalue weighted by molar-refractivity contribution is 5.76. The molecule has 1 aliphatic rings. The fraction of sp³-hybridized carbons (Fsp3) is 0.389. The molecular formula is C18H19F2N3O2. The number of rotatable bonds is 4. The van der Waals surface area contributed by atoms with E-state index < -0.39 is 23.0 Å². The molecule has 0 saturated carbocycles. The lowest BCUT2D eigenvalue weighted by molar-refractivity contribution is -0.149. The number of anilines is 1. The first-order valence-electron chi connectivity index (χ1n) is 8.12. The summed E-state index contributed by atoms with van der Waals surface area (Å²) in [5, 5.41) is 9.85. The molecule has 1 atom stereocenters.